The smallest absolute Gasteiger partial charge is 0.0792 e. The van der Waals surface area contributed by atoms with Crippen LogP contribution in [-0.4, -0.2) is 14.9 Å². The van der Waals surface area contributed by atoms with Crippen molar-refractivity contribution >= 4 is 15.9 Å². The van der Waals surface area contributed by atoms with E-state index in [1.54, 1.807) is 13.1 Å². The van der Waals surface area contributed by atoms with Gasteiger partial charge < -0.3 is 5.11 Å². The van der Waals surface area contributed by atoms with Crippen LogP contribution in [-0.2, 0) is 6.54 Å². The molecule has 1 unspecified atom stereocenters. The van der Waals surface area contributed by atoms with Crippen LogP contribution in [0.1, 0.15) is 24.2 Å². The van der Waals surface area contributed by atoms with Crippen LogP contribution in [0.2, 0.25) is 0 Å². The van der Waals surface area contributed by atoms with Crippen molar-refractivity contribution < 1.29 is 5.11 Å². The highest BCUT2D eigenvalue weighted by molar-refractivity contribution is 9.10. The summed E-state index contributed by atoms with van der Waals surface area (Å²) in [4.78, 5) is 0. The molecule has 1 N–H and O–H groups in total. The van der Waals surface area contributed by atoms with Gasteiger partial charge in [0.1, 0.15) is 0 Å². The molecule has 0 amide bonds. The van der Waals surface area contributed by atoms with Crippen molar-refractivity contribution in [3.63, 3.8) is 0 Å². The Balaban J connectivity index is 2.18. The Morgan fingerprint density at radius 3 is 2.81 bits per heavy atom. The van der Waals surface area contributed by atoms with Gasteiger partial charge in [0, 0.05) is 16.2 Å². The van der Waals surface area contributed by atoms with E-state index in [1.807, 2.05) is 35.1 Å². The van der Waals surface area contributed by atoms with Gasteiger partial charge in [-0.25, -0.2) is 0 Å². The third-order valence-electron chi connectivity index (χ3n) is 2.43. The number of aliphatic hydroxyl groups is 1. The quantitative estimate of drug-likeness (QED) is 0.939. The number of aromatic nitrogens is 2. The molecular formula is C12H13BrN2O. The van der Waals surface area contributed by atoms with Crippen LogP contribution in [0.3, 0.4) is 0 Å². The van der Waals surface area contributed by atoms with Gasteiger partial charge in [-0.15, -0.1) is 0 Å². The van der Waals surface area contributed by atoms with Crippen LogP contribution in [0.15, 0.2) is 41.1 Å². The maximum absolute atomic E-state index is 9.40. The number of hydrogen-bond donors (Lipinski definition) is 1. The van der Waals surface area contributed by atoms with E-state index in [2.05, 4.69) is 21.0 Å². The summed E-state index contributed by atoms with van der Waals surface area (Å²) in [6.45, 7) is 2.44. The maximum atomic E-state index is 9.40. The van der Waals surface area contributed by atoms with Gasteiger partial charge in [-0.2, -0.15) is 5.10 Å². The molecule has 0 bridgehead atoms. The second-order valence-corrected chi connectivity index (χ2v) is 4.59. The average molecular weight is 281 g/mol. The molecule has 2 aromatic rings. The molecule has 0 aliphatic carbocycles. The first-order valence-electron chi connectivity index (χ1n) is 5.10. The summed E-state index contributed by atoms with van der Waals surface area (Å²) in [6, 6.07) is 8.04. The van der Waals surface area contributed by atoms with Gasteiger partial charge in [0.05, 0.1) is 18.8 Å². The lowest BCUT2D eigenvalue weighted by molar-refractivity contribution is 0.199. The first-order valence-corrected chi connectivity index (χ1v) is 5.90. The van der Waals surface area contributed by atoms with Crippen molar-refractivity contribution in [2.45, 2.75) is 19.6 Å². The number of aliphatic hydroxyl groups excluding tert-OH is 1. The lowest BCUT2D eigenvalue weighted by Gasteiger charge is -2.04. The average Bonchev–Trinajstić information content (AvgIpc) is 2.70. The second-order valence-electron chi connectivity index (χ2n) is 3.74. The van der Waals surface area contributed by atoms with E-state index in [-0.39, 0.29) is 0 Å². The van der Waals surface area contributed by atoms with E-state index in [0.717, 1.165) is 10.0 Å². The van der Waals surface area contributed by atoms with Crippen LogP contribution in [0.5, 0.6) is 0 Å². The predicted molar refractivity (Wildman–Crippen MR) is 66.1 cm³/mol. The minimum absolute atomic E-state index is 0.465. The monoisotopic (exact) mass is 280 g/mol. The second kappa shape index (κ2) is 4.80. The molecular weight excluding hydrogens is 268 g/mol. The highest BCUT2D eigenvalue weighted by Crippen LogP contribution is 2.17. The molecule has 1 aromatic carbocycles. The Morgan fingerprint density at radius 2 is 2.19 bits per heavy atom. The van der Waals surface area contributed by atoms with Crippen molar-refractivity contribution in [3.05, 3.63) is 52.3 Å². The van der Waals surface area contributed by atoms with E-state index < -0.39 is 6.10 Å². The van der Waals surface area contributed by atoms with Crippen LogP contribution < -0.4 is 0 Å². The normalized spacial score (nSPS) is 12.7. The van der Waals surface area contributed by atoms with Crippen molar-refractivity contribution in [2.24, 2.45) is 0 Å². The topological polar surface area (TPSA) is 38.1 Å². The molecule has 4 heteroatoms. The van der Waals surface area contributed by atoms with Gasteiger partial charge in [-0.05, 0) is 18.6 Å². The largest absolute Gasteiger partial charge is 0.389 e. The van der Waals surface area contributed by atoms with Crippen molar-refractivity contribution in [1.29, 1.82) is 0 Å². The molecule has 1 aromatic heterocycles. The minimum atomic E-state index is -0.465. The Bertz CT molecular complexity index is 479. The molecule has 0 aliphatic heterocycles. The summed E-state index contributed by atoms with van der Waals surface area (Å²) >= 11 is 3.50. The summed E-state index contributed by atoms with van der Waals surface area (Å²) in [6.07, 6.45) is 3.10. The summed E-state index contributed by atoms with van der Waals surface area (Å²) in [5.41, 5.74) is 2.01. The minimum Gasteiger partial charge on any atom is -0.389 e. The summed E-state index contributed by atoms with van der Waals surface area (Å²) in [5.74, 6) is 0. The molecule has 0 radical (unpaired) electrons. The lowest BCUT2D eigenvalue weighted by Crippen LogP contribution is -2.00. The standard InChI is InChI=1S/C12H13BrN2O/c1-9(16)11-6-14-15(8-11)7-10-4-2-3-5-12(10)13/h2-6,8-9,16H,7H2,1H3. The number of benzene rings is 1. The van der Waals surface area contributed by atoms with Crippen molar-refractivity contribution in [3.8, 4) is 0 Å². The number of halogens is 1. The Hall–Kier alpha value is -1.13. The first-order chi connectivity index (χ1) is 7.66. The summed E-state index contributed by atoms with van der Waals surface area (Å²) < 4.78 is 2.89. The highest BCUT2D eigenvalue weighted by Gasteiger charge is 2.05. The molecule has 84 valence electrons. The predicted octanol–water partition coefficient (Wildman–Crippen LogP) is 2.75. The van der Waals surface area contributed by atoms with E-state index in [4.69, 9.17) is 0 Å². The zero-order chi connectivity index (χ0) is 11.5. The fourth-order valence-corrected chi connectivity index (χ4v) is 1.89. The van der Waals surface area contributed by atoms with Gasteiger partial charge in [-0.3, -0.25) is 4.68 Å². The van der Waals surface area contributed by atoms with Gasteiger partial charge in [0.25, 0.3) is 0 Å². The molecule has 0 saturated heterocycles. The zero-order valence-corrected chi connectivity index (χ0v) is 10.6. The molecule has 0 aliphatic rings. The number of nitrogens with zero attached hydrogens (tertiary/aromatic N) is 2. The summed E-state index contributed by atoms with van der Waals surface area (Å²) in [5, 5.41) is 13.6. The van der Waals surface area contributed by atoms with Crippen molar-refractivity contribution in [2.75, 3.05) is 0 Å². The molecule has 16 heavy (non-hydrogen) atoms. The molecule has 1 heterocycles. The Kier molecular flexibility index (Phi) is 3.41. The first kappa shape index (κ1) is 11.4. The van der Waals surface area contributed by atoms with Gasteiger partial charge in [0.15, 0.2) is 0 Å². The molecule has 0 fully saturated rings. The van der Waals surface area contributed by atoms with Gasteiger partial charge in [-0.1, -0.05) is 34.1 Å². The van der Waals surface area contributed by atoms with E-state index >= 15 is 0 Å². The number of rotatable bonds is 3. The zero-order valence-electron chi connectivity index (χ0n) is 8.97. The fraction of sp³-hybridized carbons (Fsp3) is 0.250. The molecule has 3 nitrogen and oxygen atoms in total. The van der Waals surface area contributed by atoms with Gasteiger partial charge in [0.2, 0.25) is 0 Å². The van der Waals surface area contributed by atoms with Crippen LogP contribution in [0.4, 0.5) is 0 Å². The third kappa shape index (κ3) is 2.51. The molecule has 2 rings (SSSR count). The molecule has 0 spiro atoms. The highest BCUT2D eigenvalue weighted by atomic mass is 79.9. The van der Waals surface area contributed by atoms with Crippen LogP contribution in [0, 0.1) is 0 Å². The third-order valence-corrected chi connectivity index (χ3v) is 3.20. The molecule has 1 atom stereocenters. The van der Waals surface area contributed by atoms with Crippen molar-refractivity contribution in [1.82, 2.24) is 9.78 Å². The fourth-order valence-electron chi connectivity index (χ4n) is 1.48. The SMILES string of the molecule is CC(O)c1cnn(Cc2ccccc2Br)c1. The lowest BCUT2D eigenvalue weighted by atomic mass is 10.2. The van der Waals surface area contributed by atoms with Gasteiger partial charge >= 0.3 is 0 Å². The Labute approximate surface area is 103 Å². The van der Waals surface area contributed by atoms with E-state index in [0.29, 0.717) is 6.54 Å². The molecule has 0 saturated carbocycles. The van der Waals surface area contributed by atoms with Crippen LogP contribution in [0.25, 0.3) is 0 Å². The van der Waals surface area contributed by atoms with E-state index in [1.165, 1.54) is 5.56 Å². The number of hydrogen-bond acceptors (Lipinski definition) is 2. The van der Waals surface area contributed by atoms with E-state index in [9.17, 15) is 5.11 Å². The summed E-state index contributed by atoms with van der Waals surface area (Å²) in [7, 11) is 0. The maximum Gasteiger partial charge on any atom is 0.0792 e. The van der Waals surface area contributed by atoms with Crippen LogP contribution >= 0.6 is 15.9 Å². The Morgan fingerprint density at radius 1 is 1.44 bits per heavy atom.